The second kappa shape index (κ2) is 11.0. The highest BCUT2D eigenvalue weighted by Crippen LogP contribution is 2.14. The van der Waals surface area contributed by atoms with E-state index in [0.29, 0.717) is 0 Å². The number of carbonyl (C=O) groups excluding carboxylic acids is 3. The fourth-order valence-corrected chi connectivity index (χ4v) is 0.437. The Morgan fingerprint density at radius 2 is 1.52 bits per heavy atom. The summed E-state index contributed by atoms with van der Waals surface area (Å²) >= 11 is 0. The molecular formula is C9H18ClF3N4O4. The number of halogens is 4. The molecule has 0 spiro atoms. The van der Waals surface area contributed by atoms with Gasteiger partial charge in [-0.05, 0) is 13.8 Å². The number of rotatable bonds is 4. The summed E-state index contributed by atoms with van der Waals surface area (Å²) in [6.45, 7) is 1.06. The van der Waals surface area contributed by atoms with Gasteiger partial charge < -0.3 is 27.3 Å². The van der Waals surface area contributed by atoms with Gasteiger partial charge in [-0.25, -0.2) is 4.79 Å². The lowest BCUT2D eigenvalue weighted by Crippen LogP contribution is -2.43. The Bertz CT molecular complexity index is 352. The summed E-state index contributed by atoms with van der Waals surface area (Å²) in [5.41, 5.74) is 14.4. The van der Waals surface area contributed by atoms with Gasteiger partial charge in [-0.2, -0.15) is 13.2 Å². The molecule has 0 heterocycles. The molecule has 0 aromatic carbocycles. The molecule has 0 aromatic heterocycles. The third kappa shape index (κ3) is 18.2. The van der Waals surface area contributed by atoms with E-state index in [1.807, 2.05) is 5.32 Å². The number of primary amides is 2. The van der Waals surface area contributed by atoms with E-state index in [1.165, 1.54) is 6.92 Å². The third-order valence-corrected chi connectivity index (χ3v) is 1.58. The summed E-state index contributed by atoms with van der Waals surface area (Å²) in [6.07, 6.45) is -5.93. The van der Waals surface area contributed by atoms with Gasteiger partial charge >= 0.3 is 12.3 Å². The fraction of sp³-hybridized carbons (Fsp3) is 0.667. The average Bonchev–Trinajstić information content (AvgIpc) is 2.25. The molecule has 3 amide bonds. The lowest BCUT2D eigenvalue weighted by Gasteiger charge is -2.11. The molecule has 0 aliphatic carbocycles. The summed E-state index contributed by atoms with van der Waals surface area (Å²) < 4.78 is 38.3. The van der Waals surface area contributed by atoms with Crippen molar-refractivity contribution in [1.82, 2.24) is 5.32 Å². The van der Waals surface area contributed by atoms with E-state index < -0.39 is 42.8 Å². The number of alkyl halides is 3. The van der Waals surface area contributed by atoms with Crippen LogP contribution in [0.4, 0.5) is 18.0 Å². The van der Waals surface area contributed by atoms with Gasteiger partial charge in [0.25, 0.3) is 0 Å². The highest BCUT2D eigenvalue weighted by Gasteiger charge is 2.29. The van der Waals surface area contributed by atoms with Crippen LogP contribution >= 0.6 is 12.4 Å². The molecule has 0 aliphatic rings. The monoisotopic (exact) mass is 338 g/mol. The Labute approximate surface area is 124 Å². The fourth-order valence-electron chi connectivity index (χ4n) is 0.437. The number of nitrogens with two attached hydrogens (primary N) is 3. The molecule has 0 rings (SSSR count). The van der Waals surface area contributed by atoms with Crippen molar-refractivity contribution >= 4 is 30.3 Å². The van der Waals surface area contributed by atoms with Gasteiger partial charge in [0, 0.05) is 0 Å². The van der Waals surface area contributed by atoms with Gasteiger partial charge in [0.1, 0.15) is 6.04 Å². The van der Waals surface area contributed by atoms with Crippen LogP contribution in [-0.2, 0) is 14.3 Å². The lowest BCUT2D eigenvalue weighted by atomic mass is 10.3. The van der Waals surface area contributed by atoms with Crippen molar-refractivity contribution in [2.45, 2.75) is 32.1 Å². The second-order valence-corrected chi connectivity index (χ2v) is 3.65. The van der Waals surface area contributed by atoms with Gasteiger partial charge in [0.15, 0.2) is 6.61 Å². The molecule has 2 unspecified atom stereocenters. The molecule has 0 aliphatic heterocycles. The molecule has 0 aromatic rings. The number of nitrogens with one attached hydrogen (secondary N) is 1. The van der Waals surface area contributed by atoms with Gasteiger partial charge in [0.2, 0.25) is 11.8 Å². The molecule has 0 saturated heterocycles. The first-order valence-electron chi connectivity index (χ1n) is 5.21. The molecule has 2 atom stereocenters. The molecule has 7 N–H and O–H groups in total. The van der Waals surface area contributed by atoms with Gasteiger partial charge in [-0.1, -0.05) is 0 Å². The molecule has 0 radical (unpaired) electrons. The van der Waals surface area contributed by atoms with Crippen molar-refractivity contribution in [2.24, 2.45) is 17.2 Å². The van der Waals surface area contributed by atoms with E-state index in [4.69, 9.17) is 11.5 Å². The molecule has 21 heavy (non-hydrogen) atoms. The van der Waals surface area contributed by atoms with E-state index in [2.05, 4.69) is 10.5 Å². The molecule has 0 fully saturated rings. The minimum Gasteiger partial charge on any atom is -0.440 e. The zero-order chi connectivity index (χ0) is 16.5. The summed E-state index contributed by atoms with van der Waals surface area (Å²) in [4.78, 5) is 30.7. The topological polar surface area (TPSA) is 151 Å². The molecule has 12 heteroatoms. The number of ether oxygens (including phenoxy) is 1. The van der Waals surface area contributed by atoms with Gasteiger partial charge in [0.05, 0.1) is 6.04 Å². The molecular weight excluding hydrogens is 321 g/mol. The summed E-state index contributed by atoms with van der Waals surface area (Å²) in [5.74, 6) is -1.33. The normalized spacial score (nSPS) is 12.7. The Morgan fingerprint density at radius 1 is 1.14 bits per heavy atom. The van der Waals surface area contributed by atoms with Crippen LogP contribution in [-0.4, -0.2) is 42.8 Å². The smallest absolute Gasteiger partial charge is 0.422 e. The minimum absolute atomic E-state index is 0. The number of hydrogen-bond acceptors (Lipinski definition) is 5. The van der Waals surface area contributed by atoms with E-state index >= 15 is 0 Å². The van der Waals surface area contributed by atoms with Gasteiger partial charge in [-0.3, -0.25) is 9.59 Å². The van der Waals surface area contributed by atoms with Crippen LogP contribution in [0.15, 0.2) is 0 Å². The van der Waals surface area contributed by atoms with Crippen molar-refractivity contribution in [3.63, 3.8) is 0 Å². The van der Waals surface area contributed by atoms with E-state index in [1.54, 1.807) is 6.92 Å². The number of alkyl carbamates (subject to hydrolysis) is 1. The highest BCUT2D eigenvalue weighted by molar-refractivity contribution is 5.85. The number of carbonyl (C=O) groups is 3. The van der Waals surface area contributed by atoms with Crippen LogP contribution in [0.1, 0.15) is 13.8 Å². The van der Waals surface area contributed by atoms with Crippen molar-refractivity contribution < 1.29 is 32.3 Å². The average molecular weight is 339 g/mol. The SMILES string of the molecule is CC(N)C(N)=O.CC(NC(=O)OCC(F)(F)F)C(N)=O.Cl. The van der Waals surface area contributed by atoms with Crippen molar-refractivity contribution in [3.05, 3.63) is 0 Å². The van der Waals surface area contributed by atoms with E-state index in [0.717, 1.165) is 0 Å². The standard InChI is InChI=1S/C6H9F3N2O3.C3H8N2O.ClH/c1-3(4(10)12)11-5(13)14-2-6(7,8)9;1-2(4)3(5)6;/h3H,2H2,1H3,(H2,10,12)(H,11,13);2H,4H2,1H3,(H2,5,6);1H. The maximum atomic E-state index is 11.5. The van der Waals surface area contributed by atoms with Crippen LogP contribution in [0.3, 0.4) is 0 Å². The number of hydrogen-bond donors (Lipinski definition) is 4. The van der Waals surface area contributed by atoms with Crippen molar-refractivity contribution in [2.75, 3.05) is 6.61 Å². The quantitative estimate of drug-likeness (QED) is 0.539. The zero-order valence-corrected chi connectivity index (χ0v) is 12.1. The van der Waals surface area contributed by atoms with E-state index in [-0.39, 0.29) is 12.4 Å². The Hall–Kier alpha value is -1.75. The van der Waals surface area contributed by atoms with Crippen molar-refractivity contribution in [3.8, 4) is 0 Å². The first-order chi connectivity index (χ1) is 8.86. The van der Waals surface area contributed by atoms with Crippen LogP contribution in [0.5, 0.6) is 0 Å². The first-order valence-corrected chi connectivity index (χ1v) is 5.21. The lowest BCUT2D eigenvalue weighted by molar-refractivity contribution is -0.160. The summed E-state index contributed by atoms with van der Waals surface area (Å²) in [5, 5.41) is 1.82. The maximum absolute atomic E-state index is 11.5. The summed E-state index contributed by atoms with van der Waals surface area (Å²) in [6, 6.07) is -1.58. The molecule has 0 bridgehead atoms. The van der Waals surface area contributed by atoms with Crippen LogP contribution in [0.25, 0.3) is 0 Å². The predicted molar refractivity (Wildman–Crippen MR) is 69.3 cm³/mol. The van der Waals surface area contributed by atoms with Crippen LogP contribution in [0, 0.1) is 0 Å². The van der Waals surface area contributed by atoms with Gasteiger partial charge in [-0.15, -0.1) is 12.4 Å². The Morgan fingerprint density at radius 3 is 1.76 bits per heavy atom. The van der Waals surface area contributed by atoms with Crippen LogP contribution in [0.2, 0.25) is 0 Å². The molecule has 8 nitrogen and oxygen atoms in total. The predicted octanol–water partition coefficient (Wildman–Crippen LogP) is -0.611. The van der Waals surface area contributed by atoms with E-state index in [9.17, 15) is 27.6 Å². The molecule has 126 valence electrons. The zero-order valence-electron chi connectivity index (χ0n) is 11.3. The summed E-state index contributed by atoms with van der Waals surface area (Å²) in [7, 11) is 0. The Kier molecular flexibility index (Phi) is 12.7. The second-order valence-electron chi connectivity index (χ2n) is 3.65. The van der Waals surface area contributed by atoms with Crippen molar-refractivity contribution in [1.29, 1.82) is 0 Å². The first kappa shape index (κ1) is 24.3. The highest BCUT2D eigenvalue weighted by atomic mass is 35.5. The largest absolute Gasteiger partial charge is 0.440 e. The maximum Gasteiger partial charge on any atom is 0.422 e. The number of amides is 3. The van der Waals surface area contributed by atoms with Crippen LogP contribution < -0.4 is 22.5 Å². The minimum atomic E-state index is -4.59. The Balaban J connectivity index is -0.000000394. The molecule has 0 saturated carbocycles. The third-order valence-electron chi connectivity index (χ3n) is 1.58.